The Kier molecular flexibility index (Phi) is 3.34. The van der Waals surface area contributed by atoms with E-state index in [1.807, 2.05) is 11.0 Å². The monoisotopic (exact) mass is 273 g/mol. The van der Waals surface area contributed by atoms with Crippen molar-refractivity contribution in [3.63, 3.8) is 0 Å². The summed E-state index contributed by atoms with van der Waals surface area (Å²) >= 11 is 0. The molecule has 0 aromatic carbocycles. The standard InChI is InChI=1S/C15H19N3O2/c1-2-4-11-7-14(19)17(9-11)10-12-8-16-15-13(12)5-3-6-18(15)20/h3,5-6,8,11,20H,2,4,7,9-10H2,1H3. The molecule has 106 valence electrons. The minimum absolute atomic E-state index is 0.227. The summed E-state index contributed by atoms with van der Waals surface area (Å²) in [6, 6.07) is 3.70. The van der Waals surface area contributed by atoms with E-state index in [-0.39, 0.29) is 5.91 Å². The van der Waals surface area contributed by atoms with E-state index in [0.29, 0.717) is 24.7 Å². The highest BCUT2D eigenvalue weighted by molar-refractivity contribution is 5.79. The summed E-state index contributed by atoms with van der Waals surface area (Å²) in [5.74, 6) is 1.26. The molecule has 1 amide bonds. The van der Waals surface area contributed by atoms with Gasteiger partial charge in [0.1, 0.15) is 0 Å². The van der Waals surface area contributed by atoms with Crippen molar-refractivity contribution in [1.82, 2.24) is 14.6 Å². The minimum atomic E-state index is 0.227. The van der Waals surface area contributed by atoms with E-state index in [2.05, 4.69) is 11.9 Å². The van der Waals surface area contributed by atoms with E-state index in [1.54, 1.807) is 18.5 Å². The molecule has 5 nitrogen and oxygen atoms in total. The number of aromatic nitrogens is 2. The van der Waals surface area contributed by atoms with Crippen LogP contribution in [0.5, 0.6) is 0 Å². The fourth-order valence-corrected chi connectivity index (χ4v) is 3.02. The average molecular weight is 273 g/mol. The molecule has 1 unspecified atom stereocenters. The number of rotatable bonds is 4. The first kappa shape index (κ1) is 13.0. The second kappa shape index (κ2) is 5.15. The molecule has 0 spiro atoms. The van der Waals surface area contributed by atoms with E-state index in [4.69, 9.17) is 0 Å². The minimum Gasteiger partial charge on any atom is -0.427 e. The molecule has 1 fully saturated rings. The van der Waals surface area contributed by atoms with Crippen LogP contribution >= 0.6 is 0 Å². The van der Waals surface area contributed by atoms with E-state index in [0.717, 1.165) is 35.2 Å². The molecule has 1 atom stereocenters. The van der Waals surface area contributed by atoms with Crippen molar-refractivity contribution in [1.29, 1.82) is 0 Å². The lowest BCUT2D eigenvalue weighted by molar-refractivity contribution is -0.128. The molecule has 1 saturated heterocycles. The highest BCUT2D eigenvalue weighted by Crippen LogP contribution is 2.28. The molecule has 3 rings (SSSR count). The Labute approximate surface area is 118 Å². The molecule has 0 bridgehead atoms. The highest BCUT2D eigenvalue weighted by atomic mass is 16.5. The molecule has 0 saturated carbocycles. The van der Waals surface area contributed by atoms with Gasteiger partial charge in [-0.25, -0.2) is 4.98 Å². The Morgan fingerprint density at radius 3 is 3.15 bits per heavy atom. The average Bonchev–Trinajstić information content (AvgIpc) is 2.97. The van der Waals surface area contributed by atoms with Crippen molar-refractivity contribution < 1.29 is 10.0 Å². The molecule has 0 radical (unpaired) electrons. The first-order chi connectivity index (χ1) is 9.69. The highest BCUT2D eigenvalue weighted by Gasteiger charge is 2.29. The van der Waals surface area contributed by atoms with Gasteiger partial charge in [-0.2, -0.15) is 4.73 Å². The Morgan fingerprint density at radius 2 is 2.35 bits per heavy atom. The van der Waals surface area contributed by atoms with Crippen molar-refractivity contribution in [2.24, 2.45) is 5.92 Å². The maximum atomic E-state index is 12.0. The van der Waals surface area contributed by atoms with Gasteiger partial charge in [0, 0.05) is 43.0 Å². The van der Waals surface area contributed by atoms with Crippen LogP contribution in [-0.4, -0.2) is 32.3 Å². The van der Waals surface area contributed by atoms with Crippen LogP contribution in [0.2, 0.25) is 0 Å². The van der Waals surface area contributed by atoms with E-state index >= 15 is 0 Å². The Balaban J connectivity index is 1.76. The van der Waals surface area contributed by atoms with Gasteiger partial charge >= 0.3 is 0 Å². The summed E-state index contributed by atoms with van der Waals surface area (Å²) < 4.78 is 1.02. The van der Waals surface area contributed by atoms with Gasteiger partial charge < -0.3 is 10.1 Å². The molecule has 20 heavy (non-hydrogen) atoms. The van der Waals surface area contributed by atoms with Gasteiger partial charge in [-0.05, 0) is 24.5 Å². The fourth-order valence-electron chi connectivity index (χ4n) is 3.02. The number of carbonyl (C=O) groups is 1. The van der Waals surface area contributed by atoms with Crippen LogP contribution in [0.25, 0.3) is 11.4 Å². The SMILES string of the molecule is CCCC1CC(=O)N(Cc2cnc3n(O)cccc2-3)C1. The Hall–Kier alpha value is -2.04. The van der Waals surface area contributed by atoms with Crippen LogP contribution in [-0.2, 0) is 11.3 Å². The van der Waals surface area contributed by atoms with Crippen molar-refractivity contribution in [3.05, 3.63) is 30.1 Å². The van der Waals surface area contributed by atoms with Crippen molar-refractivity contribution in [2.75, 3.05) is 6.54 Å². The largest absolute Gasteiger partial charge is 0.427 e. The molecular formula is C15H19N3O2. The maximum absolute atomic E-state index is 12.0. The van der Waals surface area contributed by atoms with E-state index in [9.17, 15) is 10.0 Å². The normalized spacial score (nSPS) is 19.1. The lowest BCUT2D eigenvalue weighted by Gasteiger charge is -2.16. The van der Waals surface area contributed by atoms with Gasteiger partial charge in [-0.15, -0.1) is 0 Å². The number of hydrogen-bond donors (Lipinski definition) is 1. The third-order valence-electron chi connectivity index (χ3n) is 3.99. The fraction of sp³-hybridized carbons (Fsp3) is 0.467. The predicted octanol–water partition coefficient (Wildman–Crippen LogP) is 2.37. The number of hydrogen-bond acceptors (Lipinski definition) is 3. The van der Waals surface area contributed by atoms with E-state index in [1.165, 1.54) is 0 Å². The van der Waals surface area contributed by atoms with Gasteiger partial charge in [0.05, 0.1) is 0 Å². The number of carbonyl (C=O) groups excluding carboxylic acids is 1. The Bertz CT molecular complexity index is 593. The zero-order valence-electron chi connectivity index (χ0n) is 11.6. The van der Waals surface area contributed by atoms with Crippen LogP contribution in [0.3, 0.4) is 0 Å². The predicted molar refractivity (Wildman–Crippen MR) is 74.5 cm³/mol. The number of fused-ring (bicyclic) bond motifs is 1. The number of nitrogens with zero attached hydrogens (tertiary/aromatic N) is 3. The second-order valence-corrected chi connectivity index (χ2v) is 5.51. The summed E-state index contributed by atoms with van der Waals surface area (Å²) in [5, 5.41) is 9.68. The Morgan fingerprint density at radius 1 is 1.50 bits per heavy atom. The van der Waals surface area contributed by atoms with Gasteiger partial charge in [0.15, 0.2) is 5.82 Å². The van der Waals surface area contributed by atoms with Crippen molar-refractivity contribution in [2.45, 2.75) is 32.7 Å². The molecule has 0 aromatic rings. The summed E-state index contributed by atoms with van der Waals surface area (Å²) in [7, 11) is 0. The van der Waals surface area contributed by atoms with Crippen LogP contribution in [0.15, 0.2) is 24.5 Å². The zero-order chi connectivity index (χ0) is 14.1. The lowest BCUT2D eigenvalue weighted by Crippen LogP contribution is -2.24. The van der Waals surface area contributed by atoms with Gasteiger partial charge in [-0.3, -0.25) is 4.79 Å². The van der Waals surface area contributed by atoms with E-state index < -0.39 is 0 Å². The number of amides is 1. The second-order valence-electron chi connectivity index (χ2n) is 5.51. The molecule has 0 aliphatic carbocycles. The van der Waals surface area contributed by atoms with Gasteiger partial charge in [0.2, 0.25) is 5.91 Å². The van der Waals surface area contributed by atoms with Crippen LogP contribution in [0, 0.1) is 5.92 Å². The molecule has 3 heterocycles. The van der Waals surface area contributed by atoms with Gasteiger partial charge in [-0.1, -0.05) is 13.3 Å². The summed E-state index contributed by atoms with van der Waals surface area (Å²) in [4.78, 5) is 18.2. The first-order valence-corrected chi connectivity index (χ1v) is 7.11. The third kappa shape index (κ3) is 2.24. The van der Waals surface area contributed by atoms with Crippen molar-refractivity contribution in [3.8, 4) is 11.4 Å². The third-order valence-corrected chi connectivity index (χ3v) is 3.99. The van der Waals surface area contributed by atoms with Crippen molar-refractivity contribution >= 4 is 5.91 Å². The smallest absolute Gasteiger partial charge is 0.223 e. The topological polar surface area (TPSA) is 58.4 Å². The number of pyridine rings is 1. The summed E-state index contributed by atoms with van der Waals surface area (Å²) in [6.07, 6.45) is 6.20. The lowest BCUT2D eigenvalue weighted by atomic mass is 10.0. The first-order valence-electron chi connectivity index (χ1n) is 7.11. The quantitative estimate of drug-likeness (QED) is 0.870. The van der Waals surface area contributed by atoms with Crippen LogP contribution in [0.1, 0.15) is 31.7 Å². The number of likely N-dealkylation sites (tertiary alicyclic amines) is 1. The summed E-state index contributed by atoms with van der Waals surface area (Å²) in [5.41, 5.74) is 1.90. The molecule has 5 heteroatoms. The maximum Gasteiger partial charge on any atom is 0.223 e. The van der Waals surface area contributed by atoms with Crippen LogP contribution in [0.4, 0.5) is 0 Å². The van der Waals surface area contributed by atoms with Crippen LogP contribution < -0.4 is 0 Å². The molecular weight excluding hydrogens is 254 g/mol. The summed E-state index contributed by atoms with van der Waals surface area (Å²) in [6.45, 7) is 3.58. The van der Waals surface area contributed by atoms with Gasteiger partial charge in [0.25, 0.3) is 0 Å². The molecule has 3 aliphatic heterocycles. The zero-order valence-corrected chi connectivity index (χ0v) is 11.6. The molecule has 3 aliphatic rings. The molecule has 0 aromatic heterocycles. The molecule has 1 N–H and O–H groups in total.